The van der Waals surface area contributed by atoms with Gasteiger partial charge >= 0.3 is 0 Å². The lowest BCUT2D eigenvalue weighted by molar-refractivity contribution is 0.101. The van der Waals surface area contributed by atoms with Gasteiger partial charge in [0.15, 0.2) is 5.78 Å². The van der Waals surface area contributed by atoms with E-state index in [2.05, 4.69) is 83.6 Å². The molecule has 0 aliphatic carbocycles. The Morgan fingerprint density at radius 2 is 1.23 bits per heavy atom. The summed E-state index contributed by atoms with van der Waals surface area (Å²) in [5, 5.41) is 0. The Bertz CT molecular complexity index is 1300. The summed E-state index contributed by atoms with van der Waals surface area (Å²) < 4.78 is 8.15. The van der Waals surface area contributed by atoms with Gasteiger partial charge in [-0.1, -0.05) is 91.0 Å². The molecular formula is C31H26N2O2. The van der Waals surface area contributed by atoms with E-state index in [9.17, 15) is 4.79 Å². The lowest BCUT2D eigenvalue weighted by atomic mass is 9.77. The van der Waals surface area contributed by atoms with Gasteiger partial charge in [0.05, 0.1) is 12.0 Å². The first-order valence-corrected chi connectivity index (χ1v) is 11.6. The molecule has 0 bridgehead atoms. The van der Waals surface area contributed by atoms with Crippen LogP contribution in [0, 0.1) is 0 Å². The number of Topliss-reactive ketones (excluding diaryl/α,β-unsaturated/α-hetero) is 1. The smallest absolute Gasteiger partial charge is 0.159 e. The highest BCUT2D eigenvalue weighted by Crippen LogP contribution is 2.40. The third-order valence-electron chi connectivity index (χ3n) is 6.25. The van der Waals surface area contributed by atoms with Crippen molar-refractivity contribution in [2.45, 2.75) is 19.1 Å². The second kappa shape index (κ2) is 9.82. The summed E-state index contributed by atoms with van der Waals surface area (Å²) in [5.41, 5.74) is 4.30. The Morgan fingerprint density at radius 1 is 0.743 bits per heavy atom. The average Bonchev–Trinajstić information content (AvgIpc) is 3.39. The topological polar surface area (TPSA) is 44.1 Å². The van der Waals surface area contributed by atoms with E-state index in [0.717, 1.165) is 22.4 Å². The predicted octanol–water partition coefficient (Wildman–Crippen LogP) is 6.50. The maximum absolute atomic E-state index is 11.5. The van der Waals surface area contributed by atoms with Gasteiger partial charge in [-0.05, 0) is 47.9 Å². The van der Waals surface area contributed by atoms with Crippen LogP contribution in [0.2, 0.25) is 0 Å². The van der Waals surface area contributed by atoms with E-state index in [-0.39, 0.29) is 5.78 Å². The summed E-state index contributed by atoms with van der Waals surface area (Å²) in [6.07, 6.45) is 3.93. The van der Waals surface area contributed by atoms with Gasteiger partial charge in [0.25, 0.3) is 0 Å². The normalized spacial score (nSPS) is 11.2. The van der Waals surface area contributed by atoms with Crippen molar-refractivity contribution in [2.75, 3.05) is 0 Å². The highest BCUT2D eigenvalue weighted by atomic mass is 16.5. The molecule has 0 spiro atoms. The Labute approximate surface area is 205 Å². The van der Waals surface area contributed by atoms with Gasteiger partial charge in [-0.3, -0.25) is 4.79 Å². The van der Waals surface area contributed by atoms with E-state index in [4.69, 9.17) is 9.72 Å². The monoisotopic (exact) mass is 458 g/mol. The van der Waals surface area contributed by atoms with Crippen molar-refractivity contribution in [1.82, 2.24) is 9.55 Å². The molecular weight excluding hydrogens is 432 g/mol. The highest BCUT2D eigenvalue weighted by Gasteiger charge is 2.38. The van der Waals surface area contributed by atoms with Crippen LogP contribution in [0.4, 0.5) is 0 Å². The maximum Gasteiger partial charge on any atom is 0.159 e. The van der Waals surface area contributed by atoms with E-state index in [1.54, 1.807) is 19.1 Å². The van der Waals surface area contributed by atoms with Gasteiger partial charge in [-0.15, -0.1) is 0 Å². The van der Waals surface area contributed by atoms with Crippen LogP contribution in [-0.4, -0.2) is 15.3 Å². The van der Waals surface area contributed by atoms with Crippen LogP contribution in [0.1, 0.15) is 39.7 Å². The van der Waals surface area contributed by atoms with Crippen LogP contribution in [0.3, 0.4) is 0 Å². The van der Waals surface area contributed by atoms with E-state index in [1.807, 2.05) is 36.7 Å². The number of carbonyl (C=O) groups excluding carboxylic acids is 1. The third-order valence-corrected chi connectivity index (χ3v) is 6.25. The number of hydrogen-bond acceptors (Lipinski definition) is 3. The molecule has 4 heteroatoms. The van der Waals surface area contributed by atoms with Gasteiger partial charge in [0, 0.05) is 11.8 Å². The number of rotatable bonds is 8. The van der Waals surface area contributed by atoms with Crippen molar-refractivity contribution in [1.29, 1.82) is 0 Å². The molecule has 0 saturated carbocycles. The number of ketones is 1. The Morgan fingerprint density at radius 3 is 1.69 bits per heavy atom. The molecule has 172 valence electrons. The van der Waals surface area contributed by atoms with Crippen molar-refractivity contribution in [3.8, 4) is 5.75 Å². The molecule has 35 heavy (non-hydrogen) atoms. The van der Waals surface area contributed by atoms with Crippen LogP contribution < -0.4 is 4.74 Å². The van der Waals surface area contributed by atoms with Crippen molar-refractivity contribution in [3.63, 3.8) is 0 Å². The van der Waals surface area contributed by atoms with Gasteiger partial charge in [0.1, 0.15) is 17.9 Å². The number of aromatic nitrogens is 2. The summed E-state index contributed by atoms with van der Waals surface area (Å²) in [5.74, 6) is 0.736. The fourth-order valence-electron chi connectivity index (χ4n) is 4.55. The minimum Gasteiger partial charge on any atom is -0.487 e. The molecule has 0 aliphatic rings. The summed E-state index contributed by atoms with van der Waals surface area (Å²) in [6, 6.07) is 38.7. The van der Waals surface area contributed by atoms with Gasteiger partial charge < -0.3 is 9.30 Å². The SMILES string of the molecule is CC(=O)c1ccc(OCc2cn(C(c3ccccc3)(c3ccccc3)c3ccccc3)cn2)cc1. The molecule has 0 aliphatic heterocycles. The molecule has 5 aromatic rings. The summed E-state index contributed by atoms with van der Waals surface area (Å²) in [6.45, 7) is 1.88. The van der Waals surface area contributed by atoms with Gasteiger partial charge in [-0.25, -0.2) is 4.98 Å². The van der Waals surface area contributed by atoms with Gasteiger partial charge in [-0.2, -0.15) is 0 Å². The molecule has 0 amide bonds. The molecule has 4 nitrogen and oxygen atoms in total. The Balaban J connectivity index is 1.56. The van der Waals surface area contributed by atoms with Gasteiger partial charge in [0.2, 0.25) is 0 Å². The number of ether oxygens (including phenoxy) is 1. The summed E-state index contributed by atoms with van der Waals surface area (Å²) in [4.78, 5) is 16.2. The standard InChI is InChI=1S/C31H26N2O2/c1-24(34)25-17-19-30(20-18-25)35-22-29-21-33(23-32-29)31(26-11-5-2-6-12-26,27-13-7-3-8-14-27)28-15-9-4-10-16-28/h2-21,23H,22H2,1H3. The molecule has 4 aromatic carbocycles. The molecule has 0 atom stereocenters. The minimum atomic E-state index is -0.599. The number of hydrogen-bond donors (Lipinski definition) is 0. The number of carbonyl (C=O) groups is 1. The summed E-state index contributed by atoms with van der Waals surface area (Å²) >= 11 is 0. The second-order valence-electron chi connectivity index (χ2n) is 8.45. The van der Waals surface area contributed by atoms with E-state index >= 15 is 0 Å². The zero-order valence-electron chi connectivity index (χ0n) is 19.5. The van der Waals surface area contributed by atoms with Crippen LogP contribution in [0.25, 0.3) is 0 Å². The lowest BCUT2D eigenvalue weighted by Gasteiger charge is -2.37. The van der Waals surface area contributed by atoms with Crippen molar-refractivity contribution in [2.24, 2.45) is 0 Å². The van der Waals surface area contributed by atoms with Crippen LogP contribution in [-0.2, 0) is 12.1 Å². The zero-order chi connectivity index (χ0) is 24.1. The third kappa shape index (κ3) is 4.38. The summed E-state index contributed by atoms with van der Waals surface area (Å²) in [7, 11) is 0. The molecule has 0 N–H and O–H groups in total. The van der Waals surface area contributed by atoms with E-state index in [1.165, 1.54) is 0 Å². The molecule has 0 radical (unpaired) electrons. The molecule has 0 fully saturated rings. The lowest BCUT2D eigenvalue weighted by Crippen LogP contribution is -2.36. The molecule has 1 heterocycles. The minimum absolute atomic E-state index is 0.0365. The van der Waals surface area contributed by atoms with E-state index in [0.29, 0.717) is 17.9 Å². The molecule has 1 aromatic heterocycles. The average molecular weight is 459 g/mol. The highest BCUT2D eigenvalue weighted by molar-refractivity contribution is 5.94. The largest absolute Gasteiger partial charge is 0.487 e. The fourth-order valence-corrected chi connectivity index (χ4v) is 4.55. The number of benzene rings is 4. The Hall–Kier alpha value is -4.44. The first kappa shape index (κ1) is 22.4. The van der Waals surface area contributed by atoms with Crippen molar-refractivity contribution in [3.05, 3.63) is 156 Å². The van der Waals surface area contributed by atoms with Crippen LogP contribution >= 0.6 is 0 Å². The molecule has 0 unspecified atom stereocenters. The van der Waals surface area contributed by atoms with Crippen molar-refractivity contribution >= 4 is 5.78 Å². The second-order valence-corrected chi connectivity index (χ2v) is 8.45. The van der Waals surface area contributed by atoms with E-state index < -0.39 is 5.54 Å². The first-order valence-electron chi connectivity index (χ1n) is 11.6. The maximum atomic E-state index is 11.5. The predicted molar refractivity (Wildman–Crippen MR) is 138 cm³/mol. The number of imidazole rings is 1. The fraction of sp³-hybridized carbons (Fsp3) is 0.0968. The Kier molecular flexibility index (Phi) is 6.27. The molecule has 0 saturated heterocycles. The van der Waals surface area contributed by atoms with Crippen molar-refractivity contribution < 1.29 is 9.53 Å². The number of nitrogens with zero attached hydrogens (tertiary/aromatic N) is 2. The van der Waals surface area contributed by atoms with Crippen LogP contribution in [0.15, 0.2) is 128 Å². The first-order chi connectivity index (χ1) is 17.2. The zero-order valence-corrected chi connectivity index (χ0v) is 19.5. The van der Waals surface area contributed by atoms with Crippen LogP contribution in [0.5, 0.6) is 5.75 Å². The quantitative estimate of drug-likeness (QED) is 0.197. The molecule has 5 rings (SSSR count).